The highest BCUT2D eigenvalue weighted by atomic mass is 35.5. The molecular weight excluding hydrogens is 508 g/mol. The average molecular weight is 537 g/mol. The number of carbonyl (C=O) groups excluding carboxylic acids is 1. The van der Waals surface area contributed by atoms with Crippen molar-refractivity contribution in [2.45, 2.75) is 19.5 Å². The zero-order valence-electron chi connectivity index (χ0n) is 22.0. The highest BCUT2D eigenvalue weighted by Crippen LogP contribution is 2.39. The quantitative estimate of drug-likeness (QED) is 0.274. The summed E-state index contributed by atoms with van der Waals surface area (Å²) < 4.78 is 4.14. The Bertz CT molecular complexity index is 1640. The molecule has 3 heterocycles. The van der Waals surface area contributed by atoms with Crippen LogP contribution in [-0.2, 0) is 6.54 Å². The van der Waals surface area contributed by atoms with Gasteiger partial charge in [0.15, 0.2) is 0 Å². The molecule has 0 saturated carbocycles. The number of carbonyl (C=O) groups is 1. The second-order valence-electron chi connectivity index (χ2n) is 9.89. The summed E-state index contributed by atoms with van der Waals surface area (Å²) in [6.07, 6.45) is 2.05. The van der Waals surface area contributed by atoms with Crippen LogP contribution in [0.5, 0.6) is 0 Å². The van der Waals surface area contributed by atoms with Crippen molar-refractivity contribution >= 4 is 29.0 Å². The van der Waals surface area contributed by atoms with Crippen LogP contribution < -0.4 is 10.2 Å². The first-order valence-electron chi connectivity index (χ1n) is 12.8. The molecule has 1 atom stereocenters. The normalized spacial score (nSPS) is 14.4. The number of amides is 2. The van der Waals surface area contributed by atoms with Crippen LogP contribution in [-0.4, -0.2) is 39.4 Å². The molecule has 6 rings (SSSR count). The van der Waals surface area contributed by atoms with Gasteiger partial charge in [-0.2, -0.15) is 5.10 Å². The van der Waals surface area contributed by atoms with Gasteiger partial charge >= 0.3 is 6.03 Å². The minimum absolute atomic E-state index is 0.216. The van der Waals surface area contributed by atoms with Crippen LogP contribution in [0.1, 0.15) is 28.6 Å². The van der Waals surface area contributed by atoms with Crippen molar-refractivity contribution in [3.8, 4) is 11.5 Å². The van der Waals surface area contributed by atoms with Gasteiger partial charge in [0.25, 0.3) is 0 Å². The summed E-state index contributed by atoms with van der Waals surface area (Å²) in [7, 11) is 4.04. The van der Waals surface area contributed by atoms with Crippen LogP contribution in [0.25, 0.3) is 11.5 Å². The van der Waals surface area contributed by atoms with E-state index in [2.05, 4.69) is 45.1 Å². The maximum absolute atomic E-state index is 14.0. The Kier molecular flexibility index (Phi) is 6.37. The van der Waals surface area contributed by atoms with Gasteiger partial charge in [0.2, 0.25) is 0 Å². The number of aromatic nitrogens is 3. The standard InChI is InChI=1S/C31H29ClN6O/c1-21-27-20-37(31(39)33-24-10-7-9-23(32)19-24)29(22-14-16-25(17-15-22)35(2)3)28-13-8-18-36(28)30(27)38(34-21)26-11-5-4-6-12-26/h4-19,29H,20H2,1-3H3,(H,33,39)/t29-/m0/s1. The maximum atomic E-state index is 14.0. The number of rotatable bonds is 4. The van der Waals surface area contributed by atoms with Crippen LogP contribution in [0.3, 0.4) is 0 Å². The van der Waals surface area contributed by atoms with Gasteiger partial charge in [0, 0.05) is 42.3 Å². The zero-order valence-corrected chi connectivity index (χ0v) is 22.8. The van der Waals surface area contributed by atoms with Crippen molar-refractivity contribution in [2.75, 3.05) is 24.3 Å². The molecule has 1 aliphatic heterocycles. The minimum atomic E-state index is -0.341. The fraction of sp³-hybridized carbons (Fsp3) is 0.161. The van der Waals surface area contributed by atoms with Gasteiger partial charge in [-0.25, -0.2) is 9.48 Å². The van der Waals surface area contributed by atoms with Gasteiger partial charge < -0.3 is 19.7 Å². The Morgan fingerprint density at radius 2 is 1.74 bits per heavy atom. The first-order valence-corrected chi connectivity index (χ1v) is 13.2. The molecule has 5 aromatic rings. The van der Waals surface area contributed by atoms with Crippen LogP contribution in [0.2, 0.25) is 5.02 Å². The number of urea groups is 1. The van der Waals surface area contributed by atoms with E-state index in [1.807, 2.05) is 85.3 Å². The van der Waals surface area contributed by atoms with Gasteiger partial charge in [0.05, 0.1) is 29.7 Å². The van der Waals surface area contributed by atoms with Crippen molar-refractivity contribution < 1.29 is 4.79 Å². The van der Waals surface area contributed by atoms with E-state index in [-0.39, 0.29) is 12.1 Å². The summed E-state index contributed by atoms with van der Waals surface area (Å²) in [5, 5.41) is 8.56. The predicted octanol–water partition coefficient (Wildman–Crippen LogP) is 6.83. The zero-order chi connectivity index (χ0) is 27.1. The van der Waals surface area contributed by atoms with Gasteiger partial charge in [-0.3, -0.25) is 0 Å². The summed E-state index contributed by atoms with van der Waals surface area (Å²) in [6, 6.07) is 29.2. The first kappa shape index (κ1) is 24.8. The number of para-hydroxylation sites is 1. The minimum Gasteiger partial charge on any atom is -0.378 e. The van der Waals surface area contributed by atoms with Crippen molar-refractivity contribution in [3.63, 3.8) is 0 Å². The van der Waals surface area contributed by atoms with Gasteiger partial charge in [-0.15, -0.1) is 0 Å². The van der Waals surface area contributed by atoms with E-state index in [0.717, 1.165) is 39.7 Å². The van der Waals surface area contributed by atoms with Crippen molar-refractivity contribution in [1.82, 2.24) is 19.2 Å². The molecular formula is C31H29ClN6O. The fourth-order valence-corrected chi connectivity index (χ4v) is 5.41. The predicted molar refractivity (Wildman–Crippen MR) is 156 cm³/mol. The molecule has 0 spiro atoms. The van der Waals surface area contributed by atoms with E-state index in [4.69, 9.17) is 16.7 Å². The topological polar surface area (TPSA) is 58.3 Å². The monoisotopic (exact) mass is 536 g/mol. The number of aryl methyl sites for hydroxylation is 1. The van der Waals surface area contributed by atoms with E-state index >= 15 is 0 Å². The van der Waals surface area contributed by atoms with Crippen LogP contribution in [0.15, 0.2) is 97.2 Å². The number of hydrogen-bond acceptors (Lipinski definition) is 3. The van der Waals surface area contributed by atoms with E-state index in [1.54, 1.807) is 12.1 Å². The van der Waals surface area contributed by atoms with Crippen molar-refractivity contribution in [2.24, 2.45) is 0 Å². The summed E-state index contributed by atoms with van der Waals surface area (Å²) in [5.74, 6) is 0.937. The lowest BCUT2D eigenvalue weighted by Gasteiger charge is -2.31. The molecule has 0 bridgehead atoms. The van der Waals surface area contributed by atoms with E-state index in [9.17, 15) is 4.79 Å². The molecule has 196 valence electrons. The SMILES string of the molecule is Cc1nn(-c2ccccc2)c2c1CN(C(=O)Nc1cccc(Cl)c1)[C@@H](c1ccc(N(C)C)cc1)c1cccn1-2. The van der Waals surface area contributed by atoms with E-state index in [0.29, 0.717) is 17.3 Å². The Labute approximate surface area is 232 Å². The second kappa shape index (κ2) is 10.0. The van der Waals surface area contributed by atoms with Crippen LogP contribution in [0.4, 0.5) is 16.2 Å². The van der Waals surface area contributed by atoms with Crippen molar-refractivity contribution in [1.29, 1.82) is 0 Å². The molecule has 1 aliphatic rings. The highest BCUT2D eigenvalue weighted by molar-refractivity contribution is 6.30. The third-order valence-corrected chi connectivity index (χ3v) is 7.38. The Hall–Kier alpha value is -4.49. The fourth-order valence-electron chi connectivity index (χ4n) is 5.22. The molecule has 0 aliphatic carbocycles. The van der Waals surface area contributed by atoms with Crippen LogP contribution in [0, 0.1) is 6.92 Å². The molecule has 0 unspecified atom stereocenters. The lowest BCUT2D eigenvalue weighted by atomic mass is 10.0. The summed E-state index contributed by atoms with van der Waals surface area (Å²) in [6.45, 7) is 2.38. The maximum Gasteiger partial charge on any atom is 0.322 e. The summed E-state index contributed by atoms with van der Waals surface area (Å²) >= 11 is 6.22. The smallest absolute Gasteiger partial charge is 0.322 e. The number of benzene rings is 3. The molecule has 2 aromatic heterocycles. The lowest BCUT2D eigenvalue weighted by Crippen LogP contribution is -2.38. The largest absolute Gasteiger partial charge is 0.378 e. The Morgan fingerprint density at radius 1 is 0.974 bits per heavy atom. The van der Waals surface area contributed by atoms with Gasteiger partial charge in [-0.05, 0) is 67.1 Å². The average Bonchev–Trinajstić information content (AvgIpc) is 3.49. The number of nitrogens with zero attached hydrogens (tertiary/aromatic N) is 5. The second-order valence-corrected chi connectivity index (χ2v) is 10.3. The Balaban J connectivity index is 1.52. The molecule has 0 fully saturated rings. The number of hydrogen-bond donors (Lipinski definition) is 1. The summed E-state index contributed by atoms with van der Waals surface area (Å²) in [5.41, 5.74) is 6.56. The number of anilines is 2. The number of nitrogens with one attached hydrogen (secondary N) is 1. The Morgan fingerprint density at radius 3 is 2.46 bits per heavy atom. The molecule has 3 aromatic carbocycles. The molecule has 0 saturated heterocycles. The molecule has 1 N–H and O–H groups in total. The molecule has 0 radical (unpaired) electrons. The summed E-state index contributed by atoms with van der Waals surface area (Å²) in [4.78, 5) is 18.0. The van der Waals surface area contributed by atoms with Gasteiger partial charge in [-0.1, -0.05) is 48.0 Å². The number of fused-ring (bicyclic) bond motifs is 3. The highest BCUT2D eigenvalue weighted by Gasteiger charge is 2.36. The van der Waals surface area contributed by atoms with Crippen LogP contribution >= 0.6 is 11.6 Å². The first-order chi connectivity index (χ1) is 18.9. The third-order valence-electron chi connectivity index (χ3n) is 7.15. The van der Waals surface area contributed by atoms with Crippen molar-refractivity contribution in [3.05, 3.63) is 125 Å². The molecule has 7 nitrogen and oxygen atoms in total. The third kappa shape index (κ3) is 4.55. The van der Waals surface area contributed by atoms with Gasteiger partial charge in [0.1, 0.15) is 5.82 Å². The molecule has 39 heavy (non-hydrogen) atoms. The molecule has 8 heteroatoms. The lowest BCUT2D eigenvalue weighted by molar-refractivity contribution is 0.194. The molecule has 2 amide bonds. The van der Waals surface area contributed by atoms with E-state index in [1.165, 1.54) is 0 Å². The van der Waals surface area contributed by atoms with E-state index < -0.39 is 0 Å². The number of halogens is 1.